The number of aryl methyl sites for hydroxylation is 1. The van der Waals surface area contributed by atoms with E-state index in [9.17, 15) is 13.5 Å². The van der Waals surface area contributed by atoms with E-state index in [2.05, 4.69) is 9.82 Å². The van der Waals surface area contributed by atoms with Gasteiger partial charge in [-0.2, -0.15) is 5.10 Å². The average molecular weight is 331 g/mol. The molecule has 2 aromatic rings. The van der Waals surface area contributed by atoms with Gasteiger partial charge in [0.05, 0.1) is 17.3 Å². The zero-order valence-corrected chi connectivity index (χ0v) is 12.8. The summed E-state index contributed by atoms with van der Waals surface area (Å²) in [5, 5.41) is 13.6. The van der Waals surface area contributed by atoms with Crippen LogP contribution in [0.5, 0.6) is 0 Å². The van der Waals surface area contributed by atoms with Gasteiger partial charge in [-0.1, -0.05) is 23.7 Å². The minimum atomic E-state index is -3.86. The molecular weight excluding hydrogens is 316 g/mol. The number of aliphatic hydroxyl groups excluding tert-OH is 1. The van der Waals surface area contributed by atoms with Crippen LogP contribution >= 0.6 is 11.6 Å². The zero-order chi connectivity index (χ0) is 15.6. The Bertz CT molecular complexity index is 708. The van der Waals surface area contributed by atoms with Crippen molar-refractivity contribution in [3.05, 3.63) is 41.0 Å². The Balaban J connectivity index is 2.10. The number of nitrogens with two attached hydrogens (primary N) is 1. The van der Waals surface area contributed by atoms with E-state index in [0.29, 0.717) is 11.3 Å². The van der Waals surface area contributed by atoms with Crippen LogP contribution < -0.4 is 10.5 Å². The summed E-state index contributed by atoms with van der Waals surface area (Å²) in [6.45, 7) is -0.187. The number of hydrogen-bond acceptors (Lipinski definition) is 5. The molecule has 0 aliphatic carbocycles. The van der Waals surface area contributed by atoms with E-state index >= 15 is 0 Å². The highest BCUT2D eigenvalue weighted by Gasteiger charge is 2.23. The molecule has 21 heavy (non-hydrogen) atoms. The summed E-state index contributed by atoms with van der Waals surface area (Å²) in [4.78, 5) is 0. The minimum Gasteiger partial charge on any atom is -0.399 e. The number of rotatable bonds is 5. The number of aliphatic hydroxyl groups is 1. The lowest BCUT2D eigenvalue weighted by Gasteiger charge is -2.13. The predicted molar refractivity (Wildman–Crippen MR) is 79.2 cm³/mol. The topological polar surface area (TPSA) is 110 Å². The van der Waals surface area contributed by atoms with Gasteiger partial charge >= 0.3 is 0 Å². The van der Waals surface area contributed by atoms with Crippen LogP contribution in [0.4, 0.5) is 5.69 Å². The van der Waals surface area contributed by atoms with Crippen LogP contribution in [-0.2, 0) is 17.1 Å². The predicted octanol–water partition coefficient (Wildman–Crippen LogP) is 0.668. The summed E-state index contributed by atoms with van der Waals surface area (Å²) in [5.74, 6) is 0. The number of sulfonamides is 1. The van der Waals surface area contributed by atoms with Crippen LogP contribution in [0.1, 0.15) is 11.7 Å². The van der Waals surface area contributed by atoms with E-state index in [4.69, 9.17) is 17.3 Å². The van der Waals surface area contributed by atoms with Gasteiger partial charge in [0.1, 0.15) is 0 Å². The molecule has 7 nitrogen and oxygen atoms in total. The highest BCUT2D eigenvalue weighted by atomic mass is 35.5. The molecule has 1 atom stereocenters. The van der Waals surface area contributed by atoms with Gasteiger partial charge in [0.25, 0.3) is 10.0 Å². The van der Waals surface area contributed by atoms with Crippen LogP contribution in [0.2, 0.25) is 5.02 Å². The van der Waals surface area contributed by atoms with Crippen molar-refractivity contribution in [2.75, 3.05) is 12.3 Å². The number of nitrogen functional groups attached to an aromatic ring is 1. The molecule has 1 aromatic carbocycles. The van der Waals surface area contributed by atoms with Gasteiger partial charge in [-0.3, -0.25) is 4.68 Å². The molecule has 4 N–H and O–H groups in total. The molecule has 0 radical (unpaired) electrons. The molecule has 1 unspecified atom stereocenters. The van der Waals surface area contributed by atoms with Crippen molar-refractivity contribution in [2.45, 2.75) is 11.1 Å². The summed E-state index contributed by atoms with van der Waals surface area (Å²) in [7, 11) is -2.39. The van der Waals surface area contributed by atoms with E-state index in [1.165, 1.54) is 13.2 Å². The molecule has 0 saturated carbocycles. The molecule has 1 aromatic heterocycles. The van der Waals surface area contributed by atoms with Crippen molar-refractivity contribution in [3.63, 3.8) is 0 Å². The fourth-order valence-electron chi connectivity index (χ4n) is 1.79. The molecular formula is C12H15ClN4O3S. The molecule has 0 spiro atoms. The smallest absolute Gasteiger partial charge is 0.259 e. The Morgan fingerprint density at radius 1 is 1.43 bits per heavy atom. The van der Waals surface area contributed by atoms with Gasteiger partial charge in [0.2, 0.25) is 0 Å². The fourth-order valence-corrected chi connectivity index (χ4v) is 3.48. The van der Waals surface area contributed by atoms with Crippen molar-refractivity contribution in [1.29, 1.82) is 0 Å². The Labute approximate surface area is 127 Å². The molecule has 0 fully saturated rings. The number of nitrogens with zero attached hydrogens (tertiary/aromatic N) is 2. The maximum absolute atomic E-state index is 12.1. The lowest BCUT2D eigenvalue weighted by atomic mass is 10.1. The molecule has 0 saturated heterocycles. The lowest BCUT2D eigenvalue weighted by Crippen LogP contribution is -2.30. The first-order valence-corrected chi connectivity index (χ1v) is 7.88. The highest BCUT2D eigenvalue weighted by Crippen LogP contribution is 2.20. The van der Waals surface area contributed by atoms with Crippen molar-refractivity contribution < 1.29 is 13.5 Å². The first-order chi connectivity index (χ1) is 9.81. The summed E-state index contributed by atoms with van der Waals surface area (Å²) < 4.78 is 27.7. The van der Waals surface area contributed by atoms with E-state index in [1.54, 1.807) is 24.3 Å². The quantitative estimate of drug-likeness (QED) is 0.698. The van der Waals surface area contributed by atoms with Gasteiger partial charge in [-0.05, 0) is 17.7 Å². The van der Waals surface area contributed by atoms with E-state index in [0.717, 1.165) is 4.68 Å². The Morgan fingerprint density at radius 2 is 2.05 bits per heavy atom. The third kappa shape index (κ3) is 3.53. The number of hydrogen-bond donors (Lipinski definition) is 3. The van der Waals surface area contributed by atoms with Crippen LogP contribution in [0, 0.1) is 0 Å². The maximum Gasteiger partial charge on any atom is 0.259 e. The molecule has 9 heteroatoms. The van der Waals surface area contributed by atoms with E-state index in [-0.39, 0.29) is 16.6 Å². The van der Waals surface area contributed by atoms with Gasteiger partial charge in [0.15, 0.2) is 5.03 Å². The van der Waals surface area contributed by atoms with Crippen LogP contribution in [0.3, 0.4) is 0 Å². The van der Waals surface area contributed by atoms with E-state index < -0.39 is 16.1 Å². The normalized spacial score (nSPS) is 13.3. The first-order valence-electron chi connectivity index (χ1n) is 6.02. The van der Waals surface area contributed by atoms with E-state index in [1.807, 2.05) is 0 Å². The van der Waals surface area contributed by atoms with Crippen molar-refractivity contribution in [2.24, 2.45) is 7.05 Å². The van der Waals surface area contributed by atoms with Gasteiger partial charge in [-0.25, -0.2) is 13.1 Å². The number of benzene rings is 1. The largest absolute Gasteiger partial charge is 0.399 e. The lowest BCUT2D eigenvalue weighted by molar-refractivity contribution is 0.182. The summed E-state index contributed by atoms with van der Waals surface area (Å²) in [5.41, 5.74) is 6.67. The van der Waals surface area contributed by atoms with Crippen LogP contribution in [0.15, 0.2) is 35.5 Å². The average Bonchev–Trinajstić information content (AvgIpc) is 2.77. The maximum atomic E-state index is 12.1. The summed E-state index contributed by atoms with van der Waals surface area (Å²) in [6.07, 6.45) is 0.249. The second-order valence-electron chi connectivity index (χ2n) is 4.46. The molecule has 0 bridgehead atoms. The molecule has 2 rings (SSSR count). The second kappa shape index (κ2) is 6.02. The van der Waals surface area contributed by atoms with Crippen LogP contribution in [0.25, 0.3) is 0 Å². The van der Waals surface area contributed by atoms with Crippen molar-refractivity contribution in [1.82, 2.24) is 14.5 Å². The van der Waals surface area contributed by atoms with Gasteiger partial charge in [-0.15, -0.1) is 0 Å². The SMILES string of the molecule is Cn1ncc(Cl)c1S(=O)(=O)NCC(O)c1ccc(N)cc1. The third-order valence-electron chi connectivity index (χ3n) is 2.88. The number of anilines is 1. The molecule has 1 heterocycles. The minimum absolute atomic E-state index is 0.0203. The Kier molecular flexibility index (Phi) is 4.52. The number of nitrogens with one attached hydrogen (secondary N) is 1. The fraction of sp³-hybridized carbons (Fsp3) is 0.250. The monoisotopic (exact) mass is 330 g/mol. The van der Waals surface area contributed by atoms with Crippen molar-refractivity contribution >= 4 is 27.3 Å². The second-order valence-corrected chi connectivity index (χ2v) is 6.55. The first kappa shape index (κ1) is 15.8. The highest BCUT2D eigenvalue weighted by molar-refractivity contribution is 7.89. The van der Waals surface area contributed by atoms with Crippen molar-refractivity contribution in [3.8, 4) is 0 Å². The molecule has 0 aliphatic heterocycles. The Morgan fingerprint density at radius 3 is 2.57 bits per heavy atom. The summed E-state index contributed by atoms with van der Waals surface area (Å²) in [6, 6.07) is 6.52. The van der Waals surface area contributed by atoms with Gasteiger partial charge in [0, 0.05) is 19.3 Å². The molecule has 114 valence electrons. The number of halogens is 1. The van der Waals surface area contributed by atoms with Gasteiger partial charge < -0.3 is 10.8 Å². The molecule has 0 amide bonds. The zero-order valence-electron chi connectivity index (χ0n) is 11.2. The third-order valence-corrected chi connectivity index (χ3v) is 4.81. The van der Waals surface area contributed by atoms with Crippen LogP contribution in [-0.4, -0.2) is 29.8 Å². The Hall–Kier alpha value is -1.61. The number of aromatic nitrogens is 2. The summed E-state index contributed by atoms with van der Waals surface area (Å²) >= 11 is 5.80. The molecule has 0 aliphatic rings. The standard InChI is InChI=1S/C12H15ClN4O3S/c1-17-12(10(13)6-15-17)21(19,20)16-7-11(18)8-2-4-9(14)5-3-8/h2-6,11,16,18H,7,14H2,1H3.